The molecule has 2 aromatic heterocycles. The number of rotatable bonds is 4. The molecule has 3 aromatic rings. The summed E-state index contributed by atoms with van der Waals surface area (Å²) in [5.41, 5.74) is 5.39. The Labute approximate surface area is 121 Å². The molecule has 0 radical (unpaired) electrons. The molecule has 104 valence electrons. The minimum Gasteiger partial charge on any atom is -0.392 e. The first-order chi connectivity index (χ1) is 9.69. The molecule has 2 N–H and O–H groups in total. The topological polar surface area (TPSA) is 49.6 Å². The largest absolute Gasteiger partial charge is 0.392 e. The van der Waals surface area contributed by atoms with Crippen LogP contribution in [0.2, 0.25) is 0 Å². The SMILES string of the molecule is Cc1nc2scc(C)n2c1CNc1cccc(CO)c1. The van der Waals surface area contributed by atoms with E-state index in [-0.39, 0.29) is 6.61 Å². The van der Waals surface area contributed by atoms with E-state index in [1.54, 1.807) is 11.3 Å². The number of aromatic nitrogens is 2. The first-order valence-electron chi connectivity index (χ1n) is 6.54. The van der Waals surface area contributed by atoms with Crippen molar-refractivity contribution in [2.75, 3.05) is 5.32 Å². The molecule has 3 rings (SSSR count). The molecule has 20 heavy (non-hydrogen) atoms. The monoisotopic (exact) mass is 287 g/mol. The molecule has 0 saturated heterocycles. The quantitative estimate of drug-likeness (QED) is 0.775. The van der Waals surface area contributed by atoms with Crippen LogP contribution in [0.1, 0.15) is 22.6 Å². The van der Waals surface area contributed by atoms with Gasteiger partial charge < -0.3 is 10.4 Å². The number of hydrogen-bond acceptors (Lipinski definition) is 4. The number of benzene rings is 1. The summed E-state index contributed by atoms with van der Waals surface area (Å²) in [6.45, 7) is 4.93. The third-order valence-corrected chi connectivity index (χ3v) is 4.34. The summed E-state index contributed by atoms with van der Waals surface area (Å²) < 4.78 is 2.20. The maximum absolute atomic E-state index is 9.17. The number of imidazole rings is 1. The lowest BCUT2D eigenvalue weighted by atomic mass is 10.2. The molecule has 0 aliphatic carbocycles. The zero-order chi connectivity index (χ0) is 14.1. The fraction of sp³-hybridized carbons (Fsp3) is 0.267. The molecule has 4 nitrogen and oxygen atoms in total. The van der Waals surface area contributed by atoms with Gasteiger partial charge in [-0.2, -0.15) is 0 Å². The van der Waals surface area contributed by atoms with E-state index >= 15 is 0 Å². The summed E-state index contributed by atoms with van der Waals surface area (Å²) >= 11 is 1.67. The van der Waals surface area contributed by atoms with E-state index in [1.807, 2.05) is 31.2 Å². The third-order valence-electron chi connectivity index (χ3n) is 3.40. The number of anilines is 1. The number of thiazole rings is 1. The molecule has 0 spiro atoms. The maximum Gasteiger partial charge on any atom is 0.194 e. The van der Waals surface area contributed by atoms with Crippen LogP contribution < -0.4 is 5.32 Å². The summed E-state index contributed by atoms with van der Waals surface area (Å²) in [7, 11) is 0. The summed E-state index contributed by atoms with van der Waals surface area (Å²) in [6.07, 6.45) is 0. The van der Waals surface area contributed by atoms with Gasteiger partial charge in [0.05, 0.1) is 24.5 Å². The van der Waals surface area contributed by atoms with E-state index in [1.165, 1.54) is 11.4 Å². The lowest BCUT2D eigenvalue weighted by Gasteiger charge is -2.08. The Morgan fingerprint density at radius 3 is 3.00 bits per heavy atom. The van der Waals surface area contributed by atoms with Crippen molar-refractivity contribution in [1.82, 2.24) is 9.38 Å². The molecule has 0 bridgehead atoms. The zero-order valence-electron chi connectivity index (χ0n) is 11.6. The molecule has 0 unspecified atom stereocenters. The summed E-state index contributed by atoms with van der Waals surface area (Å²) in [5, 5.41) is 14.7. The lowest BCUT2D eigenvalue weighted by Crippen LogP contribution is -2.05. The molecule has 0 atom stereocenters. The molecule has 0 amide bonds. The predicted molar refractivity (Wildman–Crippen MR) is 82.2 cm³/mol. The second-order valence-electron chi connectivity index (χ2n) is 4.85. The van der Waals surface area contributed by atoms with Crippen LogP contribution in [0.15, 0.2) is 29.6 Å². The highest BCUT2D eigenvalue weighted by Gasteiger charge is 2.11. The molecule has 0 aliphatic heterocycles. The number of nitrogens with zero attached hydrogens (tertiary/aromatic N) is 2. The number of fused-ring (bicyclic) bond motifs is 1. The zero-order valence-corrected chi connectivity index (χ0v) is 12.4. The van der Waals surface area contributed by atoms with Crippen molar-refractivity contribution in [1.29, 1.82) is 0 Å². The van der Waals surface area contributed by atoms with E-state index in [0.717, 1.165) is 28.5 Å². The van der Waals surface area contributed by atoms with Crippen LogP contribution in [0.25, 0.3) is 4.96 Å². The predicted octanol–water partition coefficient (Wildman–Crippen LogP) is 3.12. The van der Waals surface area contributed by atoms with Gasteiger partial charge in [0.15, 0.2) is 4.96 Å². The van der Waals surface area contributed by atoms with Gasteiger partial charge in [0.25, 0.3) is 0 Å². The number of aryl methyl sites for hydroxylation is 2. The fourth-order valence-corrected chi connectivity index (χ4v) is 3.27. The smallest absolute Gasteiger partial charge is 0.194 e. The van der Waals surface area contributed by atoms with Crippen molar-refractivity contribution < 1.29 is 5.11 Å². The Hall–Kier alpha value is -1.85. The first kappa shape index (κ1) is 13.1. The minimum absolute atomic E-state index is 0.0646. The average molecular weight is 287 g/mol. The molecule has 2 heterocycles. The van der Waals surface area contributed by atoms with Crippen molar-refractivity contribution in [2.45, 2.75) is 27.0 Å². The summed E-state index contributed by atoms with van der Waals surface area (Å²) in [5.74, 6) is 0. The lowest BCUT2D eigenvalue weighted by molar-refractivity contribution is 0.282. The fourth-order valence-electron chi connectivity index (χ4n) is 2.34. The van der Waals surface area contributed by atoms with Gasteiger partial charge in [-0.1, -0.05) is 12.1 Å². The van der Waals surface area contributed by atoms with Gasteiger partial charge in [-0.05, 0) is 31.5 Å². The Morgan fingerprint density at radius 1 is 1.35 bits per heavy atom. The highest BCUT2D eigenvalue weighted by molar-refractivity contribution is 7.15. The van der Waals surface area contributed by atoms with Gasteiger partial charge >= 0.3 is 0 Å². The second-order valence-corrected chi connectivity index (χ2v) is 5.69. The number of aliphatic hydroxyl groups is 1. The third kappa shape index (κ3) is 2.30. The highest BCUT2D eigenvalue weighted by Crippen LogP contribution is 2.21. The summed E-state index contributed by atoms with van der Waals surface area (Å²) in [4.78, 5) is 5.62. The van der Waals surface area contributed by atoms with Crippen LogP contribution in [0, 0.1) is 13.8 Å². The van der Waals surface area contributed by atoms with Gasteiger partial charge in [-0.15, -0.1) is 11.3 Å². The van der Waals surface area contributed by atoms with Gasteiger partial charge in [0, 0.05) is 16.8 Å². The Balaban J connectivity index is 1.86. The van der Waals surface area contributed by atoms with E-state index in [4.69, 9.17) is 5.11 Å². The standard InChI is InChI=1S/C15H17N3OS/c1-10-9-20-15-17-11(2)14(18(10)15)7-16-13-5-3-4-12(6-13)8-19/h3-6,9,16,19H,7-8H2,1-2H3. The molecular weight excluding hydrogens is 270 g/mol. The normalized spacial score (nSPS) is 11.2. The Kier molecular flexibility index (Phi) is 3.46. The molecular formula is C15H17N3OS. The molecule has 0 aliphatic rings. The number of nitrogens with one attached hydrogen (secondary N) is 1. The Bertz CT molecular complexity index is 745. The van der Waals surface area contributed by atoms with Gasteiger partial charge in [-0.3, -0.25) is 4.40 Å². The van der Waals surface area contributed by atoms with Crippen molar-refractivity contribution in [3.8, 4) is 0 Å². The number of aliphatic hydroxyl groups excluding tert-OH is 1. The molecule has 0 fully saturated rings. The second kappa shape index (κ2) is 5.26. The highest BCUT2D eigenvalue weighted by atomic mass is 32.1. The summed E-state index contributed by atoms with van der Waals surface area (Å²) in [6, 6.07) is 7.83. The van der Waals surface area contributed by atoms with Crippen molar-refractivity contribution in [2.24, 2.45) is 0 Å². The average Bonchev–Trinajstić information content (AvgIpc) is 2.96. The van der Waals surface area contributed by atoms with Gasteiger partial charge in [0.1, 0.15) is 0 Å². The molecule has 0 saturated carbocycles. The van der Waals surface area contributed by atoms with Crippen LogP contribution >= 0.6 is 11.3 Å². The first-order valence-corrected chi connectivity index (χ1v) is 7.42. The Morgan fingerprint density at radius 2 is 2.20 bits per heavy atom. The van der Waals surface area contributed by atoms with E-state index in [9.17, 15) is 0 Å². The van der Waals surface area contributed by atoms with Crippen LogP contribution in [0.3, 0.4) is 0 Å². The van der Waals surface area contributed by atoms with E-state index < -0.39 is 0 Å². The van der Waals surface area contributed by atoms with Crippen molar-refractivity contribution >= 4 is 22.0 Å². The van der Waals surface area contributed by atoms with Gasteiger partial charge in [-0.25, -0.2) is 4.98 Å². The van der Waals surface area contributed by atoms with E-state index in [0.29, 0.717) is 0 Å². The van der Waals surface area contributed by atoms with Crippen LogP contribution in [0.4, 0.5) is 5.69 Å². The number of hydrogen-bond donors (Lipinski definition) is 2. The van der Waals surface area contributed by atoms with Crippen molar-refractivity contribution in [3.63, 3.8) is 0 Å². The molecule has 5 heteroatoms. The maximum atomic E-state index is 9.17. The minimum atomic E-state index is 0.0646. The van der Waals surface area contributed by atoms with Crippen LogP contribution in [0.5, 0.6) is 0 Å². The van der Waals surface area contributed by atoms with Gasteiger partial charge in [0.2, 0.25) is 0 Å². The van der Waals surface area contributed by atoms with Crippen LogP contribution in [-0.2, 0) is 13.2 Å². The van der Waals surface area contributed by atoms with Crippen molar-refractivity contribution in [3.05, 3.63) is 52.3 Å². The molecule has 1 aromatic carbocycles. The van der Waals surface area contributed by atoms with E-state index in [2.05, 4.69) is 27.0 Å². The van der Waals surface area contributed by atoms with Crippen LogP contribution in [-0.4, -0.2) is 14.5 Å².